The van der Waals surface area contributed by atoms with E-state index in [9.17, 15) is 5.11 Å². The largest absolute Gasteiger partial charge is 0.508 e. The van der Waals surface area contributed by atoms with Gasteiger partial charge in [-0.15, -0.1) is 0 Å². The van der Waals surface area contributed by atoms with E-state index in [2.05, 4.69) is 31.9 Å². The average molecular weight is 343 g/mol. The molecule has 0 aliphatic carbocycles. The summed E-state index contributed by atoms with van der Waals surface area (Å²) in [6.45, 7) is 0. The van der Waals surface area contributed by atoms with Gasteiger partial charge in [-0.3, -0.25) is 0 Å². The summed E-state index contributed by atoms with van der Waals surface area (Å²) in [5.41, 5.74) is 8.46. The molecule has 0 aliphatic heterocycles. The Morgan fingerprint density at radius 2 is 1.44 bits per heavy atom. The van der Waals surface area contributed by atoms with Crippen LogP contribution in [0.4, 0.5) is 5.69 Å². The predicted molar refractivity (Wildman–Crippen MR) is 73.4 cm³/mol. The number of nitrogen functional groups attached to an aromatic ring is 1. The van der Waals surface area contributed by atoms with E-state index in [-0.39, 0.29) is 5.75 Å². The van der Waals surface area contributed by atoms with Gasteiger partial charge in [0.15, 0.2) is 0 Å². The molecule has 16 heavy (non-hydrogen) atoms. The van der Waals surface area contributed by atoms with Crippen molar-refractivity contribution in [2.75, 3.05) is 5.73 Å². The molecule has 2 rings (SSSR count). The lowest BCUT2D eigenvalue weighted by atomic mass is 10.1. The van der Waals surface area contributed by atoms with Crippen molar-refractivity contribution in [1.82, 2.24) is 0 Å². The third kappa shape index (κ3) is 2.23. The van der Waals surface area contributed by atoms with Gasteiger partial charge in [-0.2, -0.15) is 0 Å². The van der Waals surface area contributed by atoms with Crippen LogP contribution in [0.2, 0.25) is 0 Å². The van der Waals surface area contributed by atoms with Crippen LogP contribution in [0.15, 0.2) is 45.3 Å². The second-order valence-electron chi connectivity index (χ2n) is 3.41. The summed E-state index contributed by atoms with van der Waals surface area (Å²) in [6.07, 6.45) is 0. The number of rotatable bonds is 1. The first-order valence-corrected chi connectivity index (χ1v) is 6.20. The molecule has 0 aromatic heterocycles. The van der Waals surface area contributed by atoms with Gasteiger partial charge < -0.3 is 10.8 Å². The standard InChI is InChI=1S/C12H9Br2NO/c13-10-5-8(15)6-11(14)12(10)7-1-3-9(16)4-2-7/h1-6,16H,15H2. The van der Waals surface area contributed by atoms with Gasteiger partial charge in [-0.25, -0.2) is 0 Å². The Balaban J connectivity index is 2.60. The highest BCUT2D eigenvalue weighted by molar-refractivity contribution is 9.11. The molecular weight excluding hydrogens is 334 g/mol. The first kappa shape index (κ1) is 11.5. The predicted octanol–water partition coefficient (Wildman–Crippen LogP) is 4.17. The number of halogens is 2. The van der Waals surface area contributed by atoms with Gasteiger partial charge in [0.05, 0.1) is 0 Å². The SMILES string of the molecule is Nc1cc(Br)c(-c2ccc(O)cc2)c(Br)c1. The van der Waals surface area contributed by atoms with Crippen molar-refractivity contribution in [3.05, 3.63) is 45.3 Å². The van der Waals surface area contributed by atoms with E-state index in [4.69, 9.17) is 5.73 Å². The van der Waals surface area contributed by atoms with Crippen molar-refractivity contribution >= 4 is 37.5 Å². The number of hydrogen-bond donors (Lipinski definition) is 2. The van der Waals surface area contributed by atoms with Crippen LogP contribution in [-0.2, 0) is 0 Å². The fourth-order valence-electron chi connectivity index (χ4n) is 1.50. The third-order valence-corrected chi connectivity index (χ3v) is 3.47. The fraction of sp³-hybridized carbons (Fsp3) is 0. The zero-order chi connectivity index (χ0) is 11.7. The Labute approximate surface area is 110 Å². The summed E-state index contributed by atoms with van der Waals surface area (Å²) in [5, 5.41) is 9.24. The molecule has 3 N–H and O–H groups in total. The molecule has 4 heteroatoms. The minimum Gasteiger partial charge on any atom is -0.508 e. The number of aromatic hydroxyl groups is 1. The topological polar surface area (TPSA) is 46.2 Å². The van der Waals surface area contributed by atoms with Gasteiger partial charge in [0.2, 0.25) is 0 Å². The molecule has 2 aromatic rings. The lowest BCUT2D eigenvalue weighted by Crippen LogP contribution is -1.88. The Bertz CT molecular complexity index is 500. The molecule has 0 spiro atoms. The zero-order valence-corrected chi connectivity index (χ0v) is 11.4. The van der Waals surface area contributed by atoms with Crippen LogP contribution in [0.5, 0.6) is 5.75 Å². The molecule has 0 bridgehead atoms. The van der Waals surface area contributed by atoms with E-state index >= 15 is 0 Å². The minimum absolute atomic E-state index is 0.256. The Morgan fingerprint density at radius 1 is 0.938 bits per heavy atom. The van der Waals surface area contributed by atoms with E-state index in [1.807, 2.05) is 24.3 Å². The summed E-state index contributed by atoms with van der Waals surface area (Å²) < 4.78 is 1.84. The number of hydrogen-bond acceptors (Lipinski definition) is 2. The monoisotopic (exact) mass is 341 g/mol. The Kier molecular flexibility index (Phi) is 3.21. The molecule has 0 heterocycles. The molecule has 0 atom stereocenters. The highest BCUT2D eigenvalue weighted by Crippen LogP contribution is 2.37. The van der Waals surface area contributed by atoms with Crippen molar-refractivity contribution < 1.29 is 5.11 Å². The number of phenols is 1. The van der Waals surface area contributed by atoms with Crippen LogP contribution in [0.3, 0.4) is 0 Å². The molecule has 0 radical (unpaired) electrons. The Hall–Kier alpha value is -1.00. The lowest BCUT2D eigenvalue weighted by molar-refractivity contribution is 0.475. The van der Waals surface area contributed by atoms with Crippen LogP contribution in [-0.4, -0.2) is 5.11 Å². The highest BCUT2D eigenvalue weighted by atomic mass is 79.9. The first-order chi connectivity index (χ1) is 7.58. The summed E-state index contributed by atoms with van der Waals surface area (Å²) in [5.74, 6) is 0.256. The molecule has 0 saturated heterocycles. The summed E-state index contributed by atoms with van der Waals surface area (Å²) in [7, 11) is 0. The van der Waals surface area contributed by atoms with Gasteiger partial charge in [0.25, 0.3) is 0 Å². The Morgan fingerprint density at radius 3 is 1.94 bits per heavy atom. The van der Waals surface area contributed by atoms with E-state index in [0.29, 0.717) is 5.69 Å². The normalized spacial score (nSPS) is 10.4. The summed E-state index contributed by atoms with van der Waals surface area (Å²) in [6, 6.07) is 10.7. The minimum atomic E-state index is 0.256. The smallest absolute Gasteiger partial charge is 0.115 e. The van der Waals surface area contributed by atoms with E-state index in [1.165, 1.54) is 0 Å². The zero-order valence-electron chi connectivity index (χ0n) is 8.24. The average Bonchev–Trinajstić information content (AvgIpc) is 2.19. The van der Waals surface area contributed by atoms with Gasteiger partial charge in [0, 0.05) is 20.2 Å². The van der Waals surface area contributed by atoms with Crippen LogP contribution in [0.25, 0.3) is 11.1 Å². The highest BCUT2D eigenvalue weighted by Gasteiger charge is 2.08. The molecule has 0 unspecified atom stereocenters. The van der Waals surface area contributed by atoms with Crippen LogP contribution >= 0.6 is 31.9 Å². The number of anilines is 1. The number of nitrogens with two attached hydrogens (primary N) is 1. The van der Waals surface area contributed by atoms with Gasteiger partial charge >= 0.3 is 0 Å². The van der Waals surface area contributed by atoms with E-state index in [1.54, 1.807) is 12.1 Å². The van der Waals surface area contributed by atoms with Crippen LogP contribution < -0.4 is 5.73 Å². The summed E-state index contributed by atoms with van der Waals surface area (Å²) in [4.78, 5) is 0. The van der Waals surface area contributed by atoms with Gasteiger partial charge in [-0.05, 0) is 29.8 Å². The molecule has 2 nitrogen and oxygen atoms in total. The second-order valence-corrected chi connectivity index (χ2v) is 5.12. The fourth-order valence-corrected chi connectivity index (χ4v) is 3.18. The number of phenolic OH excluding ortho intramolecular Hbond substituents is 1. The van der Waals surface area contributed by atoms with Crippen LogP contribution in [0, 0.1) is 0 Å². The molecule has 0 fully saturated rings. The van der Waals surface area contributed by atoms with Gasteiger partial charge in [-0.1, -0.05) is 44.0 Å². The van der Waals surface area contributed by atoms with Crippen molar-refractivity contribution in [2.24, 2.45) is 0 Å². The maximum absolute atomic E-state index is 9.24. The quantitative estimate of drug-likeness (QED) is 0.764. The van der Waals surface area contributed by atoms with E-state index in [0.717, 1.165) is 20.1 Å². The summed E-state index contributed by atoms with van der Waals surface area (Å²) >= 11 is 6.96. The molecular formula is C12H9Br2NO. The number of benzene rings is 2. The second kappa shape index (κ2) is 4.47. The van der Waals surface area contributed by atoms with Crippen molar-refractivity contribution in [1.29, 1.82) is 0 Å². The van der Waals surface area contributed by atoms with Crippen molar-refractivity contribution in [3.8, 4) is 16.9 Å². The van der Waals surface area contributed by atoms with Crippen molar-refractivity contribution in [3.63, 3.8) is 0 Å². The van der Waals surface area contributed by atoms with Gasteiger partial charge in [0.1, 0.15) is 5.75 Å². The maximum Gasteiger partial charge on any atom is 0.115 e. The molecule has 82 valence electrons. The third-order valence-electron chi connectivity index (χ3n) is 2.22. The molecule has 0 aliphatic rings. The maximum atomic E-state index is 9.24. The van der Waals surface area contributed by atoms with E-state index < -0.39 is 0 Å². The van der Waals surface area contributed by atoms with Crippen molar-refractivity contribution in [2.45, 2.75) is 0 Å². The lowest BCUT2D eigenvalue weighted by Gasteiger charge is -2.09. The molecule has 0 amide bonds. The molecule has 0 saturated carbocycles. The molecule has 2 aromatic carbocycles. The first-order valence-electron chi connectivity index (χ1n) is 4.62. The van der Waals surface area contributed by atoms with Crippen LogP contribution in [0.1, 0.15) is 0 Å².